The van der Waals surface area contributed by atoms with Crippen molar-refractivity contribution in [3.8, 4) is 17.2 Å². The summed E-state index contributed by atoms with van der Waals surface area (Å²) in [7, 11) is 1.61. The molecule has 0 fully saturated rings. The smallest absolute Gasteiger partial charge is 0.246 e. The van der Waals surface area contributed by atoms with Gasteiger partial charge < -0.3 is 24.8 Å². The third-order valence-corrected chi connectivity index (χ3v) is 4.42. The number of fused-ring (bicyclic) bond motifs is 1. The summed E-state index contributed by atoms with van der Waals surface area (Å²) in [5, 5.41) is 6.14. The second-order valence-electron chi connectivity index (χ2n) is 6.61. The predicted molar refractivity (Wildman–Crippen MR) is 106 cm³/mol. The first-order valence-electron chi connectivity index (χ1n) is 9.18. The number of carbonyl (C=O) groups is 1. The zero-order valence-electron chi connectivity index (χ0n) is 16.2. The zero-order chi connectivity index (χ0) is 19.4. The molecule has 6 heteroatoms. The van der Waals surface area contributed by atoms with Gasteiger partial charge in [-0.05, 0) is 51.1 Å². The summed E-state index contributed by atoms with van der Waals surface area (Å²) in [6.07, 6.45) is 1.02. The first-order valence-corrected chi connectivity index (χ1v) is 9.18. The van der Waals surface area contributed by atoms with Crippen molar-refractivity contribution in [3.63, 3.8) is 0 Å². The minimum atomic E-state index is -0.455. The van der Waals surface area contributed by atoms with E-state index in [-0.39, 0.29) is 12.0 Å². The van der Waals surface area contributed by atoms with Crippen LogP contribution in [0.3, 0.4) is 0 Å². The van der Waals surface area contributed by atoms with Crippen LogP contribution in [0.15, 0.2) is 36.4 Å². The quantitative estimate of drug-likeness (QED) is 0.775. The Morgan fingerprint density at radius 2 is 2.04 bits per heavy atom. The predicted octanol–water partition coefficient (Wildman–Crippen LogP) is 3.86. The summed E-state index contributed by atoms with van der Waals surface area (Å²) in [5.74, 6) is 2.18. The molecule has 6 nitrogen and oxygen atoms in total. The molecule has 3 rings (SSSR count). The second kappa shape index (κ2) is 8.20. The molecule has 0 aliphatic carbocycles. The molecule has 0 spiro atoms. The molecule has 1 aliphatic rings. The fourth-order valence-electron chi connectivity index (χ4n) is 3.05. The highest BCUT2D eigenvalue weighted by Crippen LogP contribution is 2.38. The maximum Gasteiger partial charge on any atom is 0.246 e. The monoisotopic (exact) mass is 370 g/mol. The molecule has 0 unspecified atom stereocenters. The highest BCUT2D eigenvalue weighted by atomic mass is 16.5. The molecular weight excluding hydrogens is 344 g/mol. The van der Waals surface area contributed by atoms with Crippen molar-refractivity contribution in [2.75, 3.05) is 24.4 Å². The van der Waals surface area contributed by atoms with Crippen LogP contribution in [0.2, 0.25) is 0 Å². The average molecular weight is 370 g/mol. The summed E-state index contributed by atoms with van der Waals surface area (Å²) in [6, 6.07) is 10.7. The van der Waals surface area contributed by atoms with Crippen LogP contribution in [-0.4, -0.2) is 31.8 Å². The van der Waals surface area contributed by atoms with Gasteiger partial charge in [0.1, 0.15) is 29.4 Å². The van der Waals surface area contributed by atoms with Gasteiger partial charge in [-0.15, -0.1) is 0 Å². The topological polar surface area (TPSA) is 68.8 Å². The van der Waals surface area contributed by atoms with Crippen LogP contribution in [0.1, 0.15) is 26.3 Å². The van der Waals surface area contributed by atoms with Crippen LogP contribution < -0.4 is 24.8 Å². The van der Waals surface area contributed by atoms with E-state index < -0.39 is 6.04 Å². The van der Waals surface area contributed by atoms with Gasteiger partial charge in [-0.25, -0.2) is 0 Å². The number of rotatable bonds is 7. The lowest BCUT2D eigenvalue weighted by molar-refractivity contribution is -0.116. The molecule has 0 aromatic heterocycles. The van der Waals surface area contributed by atoms with E-state index in [1.165, 1.54) is 0 Å². The molecule has 2 aromatic carbocycles. The highest BCUT2D eigenvalue weighted by molar-refractivity contribution is 5.96. The Balaban J connectivity index is 1.71. The van der Waals surface area contributed by atoms with Crippen molar-refractivity contribution in [2.24, 2.45) is 0 Å². The number of ether oxygens (including phenoxy) is 3. The molecule has 0 radical (unpaired) electrons. The van der Waals surface area contributed by atoms with Gasteiger partial charge in [0.2, 0.25) is 5.91 Å². The van der Waals surface area contributed by atoms with E-state index in [2.05, 4.69) is 10.6 Å². The fourth-order valence-corrected chi connectivity index (χ4v) is 3.05. The molecule has 0 saturated heterocycles. The number of hydrogen-bond acceptors (Lipinski definition) is 5. The van der Waals surface area contributed by atoms with Crippen LogP contribution >= 0.6 is 0 Å². The van der Waals surface area contributed by atoms with Gasteiger partial charge in [0.25, 0.3) is 0 Å². The van der Waals surface area contributed by atoms with Gasteiger partial charge in [-0.2, -0.15) is 0 Å². The number of amides is 1. The molecule has 1 amide bonds. The molecule has 0 bridgehead atoms. The summed E-state index contributed by atoms with van der Waals surface area (Å²) in [5.41, 5.74) is 2.60. The number of nitrogens with one attached hydrogen (secondary N) is 2. The lowest BCUT2D eigenvalue weighted by atomic mass is 10.1. The van der Waals surface area contributed by atoms with Gasteiger partial charge in [-0.1, -0.05) is 0 Å². The van der Waals surface area contributed by atoms with Crippen molar-refractivity contribution in [2.45, 2.75) is 39.3 Å². The third-order valence-electron chi connectivity index (χ3n) is 4.42. The lowest BCUT2D eigenvalue weighted by Crippen LogP contribution is -2.32. The van der Waals surface area contributed by atoms with Crippen molar-refractivity contribution < 1.29 is 19.0 Å². The highest BCUT2D eigenvalue weighted by Gasteiger charge is 2.23. The van der Waals surface area contributed by atoms with Crippen molar-refractivity contribution >= 4 is 17.3 Å². The maximum absolute atomic E-state index is 12.5. The van der Waals surface area contributed by atoms with Crippen LogP contribution in [0.4, 0.5) is 11.4 Å². The Bertz CT molecular complexity index is 805. The van der Waals surface area contributed by atoms with Crippen molar-refractivity contribution in [1.29, 1.82) is 0 Å². The SMILES string of the molecule is CCOc1cc2c(cc1N[C@@H](C)C(=O)Nc1ccc(OC)cc1)O[C@@H](C)C2. The summed E-state index contributed by atoms with van der Waals surface area (Å²) >= 11 is 0. The summed E-state index contributed by atoms with van der Waals surface area (Å²) < 4.78 is 16.7. The van der Waals surface area contributed by atoms with Crippen molar-refractivity contribution in [3.05, 3.63) is 42.0 Å². The van der Waals surface area contributed by atoms with E-state index in [1.54, 1.807) is 31.4 Å². The molecule has 1 heterocycles. The van der Waals surface area contributed by atoms with Gasteiger partial charge in [-0.3, -0.25) is 4.79 Å². The number of methoxy groups -OCH3 is 1. The third kappa shape index (κ3) is 4.45. The number of hydrogen-bond donors (Lipinski definition) is 2. The minimum Gasteiger partial charge on any atom is -0.497 e. The van der Waals surface area contributed by atoms with Crippen molar-refractivity contribution in [1.82, 2.24) is 0 Å². The second-order valence-corrected chi connectivity index (χ2v) is 6.61. The van der Waals surface area contributed by atoms with E-state index >= 15 is 0 Å². The van der Waals surface area contributed by atoms with E-state index in [9.17, 15) is 4.79 Å². The molecular formula is C21H26N2O4. The Hall–Kier alpha value is -2.89. The van der Waals surface area contributed by atoms with Crippen LogP contribution in [0.25, 0.3) is 0 Å². The van der Waals surface area contributed by atoms with E-state index in [4.69, 9.17) is 14.2 Å². The van der Waals surface area contributed by atoms with Gasteiger partial charge >= 0.3 is 0 Å². The van der Waals surface area contributed by atoms with Crippen LogP contribution in [0.5, 0.6) is 17.2 Å². The van der Waals surface area contributed by atoms with Crippen LogP contribution in [0, 0.1) is 0 Å². The normalized spacial score (nSPS) is 16.1. The molecule has 2 atom stereocenters. The number of anilines is 2. The maximum atomic E-state index is 12.5. The number of carbonyl (C=O) groups excluding carboxylic acids is 1. The molecule has 144 valence electrons. The molecule has 2 aromatic rings. The van der Waals surface area contributed by atoms with Gasteiger partial charge in [0.15, 0.2) is 0 Å². The summed E-state index contributed by atoms with van der Waals surface area (Å²) in [4.78, 5) is 12.5. The van der Waals surface area contributed by atoms with E-state index in [0.717, 1.165) is 34.9 Å². The Morgan fingerprint density at radius 1 is 1.30 bits per heavy atom. The largest absolute Gasteiger partial charge is 0.497 e. The molecule has 0 saturated carbocycles. The summed E-state index contributed by atoms with van der Waals surface area (Å²) in [6.45, 7) is 6.34. The molecule has 1 aliphatic heterocycles. The van der Waals surface area contributed by atoms with Gasteiger partial charge in [0.05, 0.1) is 19.4 Å². The standard InChI is InChI=1S/C21H26N2O4/c1-5-26-20-11-15-10-13(2)27-19(15)12-18(20)22-14(3)21(24)23-16-6-8-17(25-4)9-7-16/h6-9,11-14,22H,5,10H2,1-4H3,(H,23,24)/t13-,14-/m0/s1. The minimum absolute atomic E-state index is 0.141. The zero-order valence-corrected chi connectivity index (χ0v) is 16.2. The van der Waals surface area contributed by atoms with Gasteiger partial charge in [0, 0.05) is 23.7 Å². The van der Waals surface area contributed by atoms with Crippen LogP contribution in [-0.2, 0) is 11.2 Å². The average Bonchev–Trinajstić information content (AvgIpc) is 3.01. The Morgan fingerprint density at radius 3 is 2.70 bits per heavy atom. The first-order chi connectivity index (χ1) is 13.0. The Kier molecular flexibility index (Phi) is 5.74. The fraction of sp³-hybridized carbons (Fsp3) is 0.381. The molecule has 2 N–H and O–H groups in total. The molecule has 27 heavy (non-hydrogen) atoms. The first kappa shape index (κ1) is 18.9. The van der Waals surface area contributed by atoms with E-state index in [1.807, 2.05) is 32.9 Å². The Labute approximate surface area is 159 Å². The number of benzene rings is 2. The lowest BCUT2D eigenvalue weighted by Gasteiger charge is -2.19. The van der Waals surface area contributed by atoms with E-state index in [0.29, 0.717) is 12.3 Å².